The van der Waals surface area contributed by atoms with Crippen molar-refractivity contribution in [3.05, 3.63) is 60.2 Å². The highest BCUT2D eigenvalue weighted by Crippen LogP contribution is 2.18. The molecule has 2 amide bonds. The number of amides is 2. The molecule has 150 valence electrons. The van der Waals surface area contributed by atoms with Crippen LogP contribution in [0, 0.1) is 0 Å². The first-order valence-electron chi connectivity index (χ1n) is 9.44. The number of carbonyl (C=O) groups is 2. The van der Waals surface area contributed by atoms with E-state index in [9.17, 15) is 9.59 Å². The second-order valence-electron chi connectivity index (χ2n) is 6.66. The third-order valence-electron chi connectivity index (χ3n) is 3.95. The molecule has 0 atom stereocenters. The Kier molecular flexibility index (Phi) is 8.34. The van der Waals surface area contributed by atoms with Crippen molar-refractivity contribution in [3.8, 4) is 11.5 Å². The van der Waals surface area contributed by atoms with Crippen LogP contribution in [0.3, 0.4) is 0 Å². The van der Waals surface area contributed by atoms with Crippen molar-refractivity contribution in [1.29, 1.82) is 0 Å². The normalized spacial score (nSPS) is 10.4. The van der Waals surface area contributed by atoms with Gasteiger partial charge in [0.1, 0.15) is 18.1 Å². The van der Waals surface area contributed by atoms with E-state index in [1.54, 1.807) is 24.3 Å². The monoisotopic (exact) mass is 384 g/mol. The number of carbonyl (C=O) groups excluding carboxylic acids is 2. The van der Waals surface area contributed by atoms with Gasteiger partial charge in [-0.3, -0.25) is 9.59 Å². The summed E-state index contributed by atoms with van der Waals surface area (Å²) in [5.74, 6) is 0.891. The van der Waals surface area contributed by atoms with E-state index in [0.29, 0.717) is 18.9 Å². The summed E-state index contributed by atoms with van der Waals surface area (Å²) in [6.45, 7) is 6.44. The smallest absolute Gasteiger partial charge is 0.260 e. The minimum Gasteiger partial charge on any atom is -0.489 e. The van der Waals surface area contributed by atoms with E-state index < -0.39 is 0 Å². The largest absolute Gasteiger partial charge is 0.489 e. The maximum absolute atomic E-state index is 12.3. The van der Waals surface area contributed by atoms with Gasteiger partial charge < -0.3 is 19.7 Å². The molecule has 0 bridgehead atoms. The summed E-state index contributed by atoms with van der Waals surface area (Å²) in [6.07, 6.45) is 0. The van der Waals surface area contributed by atoms with Crippen LogP contribution < -0.4 is 14.8 Å². The molecule has 0 aliphatic carbocycles. The number of hydrogen-bond donors (Lipinski definition) is 1. The third kappa shape index (κ3) is 7.31. The van der Waals surface area contributed by atoms with E-state index >= 15 is 0 Å². The van der Waals surface area contributed by atoms with Crippen molar-refractivity contribution in [2.75, 3.05) is 19.7 Å². The lowest BCUT2D eigenvalue weighted by Gasteiger charge is -2.21. The van der Waals surface area contributed by atoms with Crippen LogP contribution in [0.25, 0.3) is 0 Å². The van der Waals surface area contributed by atoms with Gasteiger partial charge >= 0.3 is 0 Å². The zero-order valence-electron chi connectivity index (χ0n) is 16.7. The van der Waals surface area contributed by atoms with E-state index in [2.05, 4.69) is 5.32 Å². The van der Waals surface area contributed by atoms with Crippen molar-refractivity contribution in [2.24, 2.45) is 0 Å². The maximum Gasteiger partial charge on any atom is 0.260 e. The molecule has 6 heteroatoms. The number of ether oxygens (including phenoxy) is 2. The fraction of sp³-hybridized carbons (Fsp3) is 0.364. The van der Waals surface area contributed by atoms with Gasteiger partial charge in [-0.1, -0.05) is 30.3 Å². The summed E-state index contributed by atoms with van der Waals surface area (Å²) in [7, 11) is 0. The van der Waals surface area contributed by atoms with E-state index in [-0.39, 0.29) is 31.0 Å². The number of rotatable bonds is 10. The third-order valence-corrected chi connectivity index (χ3v) is 3.95. The first kappa shape index (κ1) is 21.3. The zero-order chi connectivity index (χ0) is 20.4. The summed E-state index contributed by atoms with van der Waals surface area (Å²) in [5, 5.41) is 2.78. The average molecular weight is 384 g/mol. The Balaban J connectivity index is 1.79. The van der Waals surface area contributed by atoms with Gasteiger partial charge in [-0.2, -0.15) is 0 Å². The molecule has 2 rings (SSSR count). The molecule has 6 nitrogen and oxygen atoms in total. The minimum atomic E-state index is -0.231. The fourth-order valence-electron chi connectivity index (χ4n) is 2.53. The van der Waals surface area contributed by atoms with Crippen LogP contribution in [-0.4, -0.2) is 42.5 Å². The maximum atomic E-state index is 12.3. The Bertz CT molecular complexity index is 745. The summed E-state index contributed by atoms with van der Waals surface area (Å²) in [6, 6.07) is 17.1. The number of benzene rings is 2. The molecule has 28 heavy (non-hydrogen) atoms. The predicted octanol–water partition coefficient (Wildman–Crippen LogP) is 3.02. The van der Waals surface area contributed by atoms with Crippen LogP contribution in [-0.2, 0) is 16.2 Å². The van der Waals surface area contributed by atoms with E-state index in [4.69, 9.17) is 9.47 Å². The van der Waals surface area contributed by atoms with Crippen LogP contribution in [0.2, 0.25) is 0 Å². The van der Waals surface area contributed by atoms with Crippen molar-refractivity contribution in [1.82, 2.24) is 10.2 Å². The molecule has 0 fully saturated rings. The lowest BCUT2D eigenvalue weighted by molar-refractivity contribution is -0.137. The first-order chi connectivity index (χ1) is 13.5. The standard InChI is InChI=1S/C22H28N2O4/c1-4-24(14-21(25)23-17(2)3)22(26)16-28-20-12-10-19(11-13-20)27-15-18-8-6-5-7-9-18/h5-13,17H,4,14-16H2,1-3H3,(H,23,25). The highest BCUT2D eigenvalue weighted by Gasteiger charge is 2.16. The van der Waals surface area contributed by atoms with Crippen LogP contribution >= 0.6 is 0 Å². The predicted molar refractivity (Wildman–Crippen MR) is 108 cm³/mol. The first-order valence-corrected chi connectivity index (χ1v) is 9.44. The van der Waals surface area contributed by atoms with Gasteiger partial charge in [0.2, 0.25) is 5.91 Å². The van der Waals surface area contributed by atoms with Crippen LogP contribution in [0.1, 0.15) is 26.3 Å². The Morgan fingerprint density at radius 1 is 0.964 bits per heavy atom. The molecule has 0 aliphatic heterocycles. The molecule has 0 heterocycles. The number of likely N-dealkylation sites (N-methyl/N-ethyl adjacent to an activating group) is 1. The highest BCUT2D eigenvalue weighted by atomic mass is 16.5. The Morgan fingerprint density at radius 2 is 1.57 bits per heavy atom. The number of nitrogens with zero attached hydrogens (tertiary/aromatic N) is 1. The Hall–Kier alpha value is -3.02. The minimum absolute atomic E-state index is 0.0309. The van der Waals surface area contributed by atoms with Gasteiger partial charge in [-0.25, -0.2) is 0 Å². The van der Waals surface area contributed by atoms with Crippen molar-refractivity contribution >= 4 is 11.8 Å². The number of nitrogens with one attached hydrogen (secondary N) is 1. The zero-order valence-corrected chi connectivity index (χ0v) is 16.7. The van der Waals surface area contributed by atoms with Gasteiger partial charge in [0.05, 0.1) is 6.54 Å². The summed E-state index contributed by atoms with van der Waals surface area (Å²) in [5.41, 5.74) is 1.09. The molecule has 0 aliphatic rings. The van der Waals surface area contributed by atoms with Crippen molar-refractivity contribution < 1.29 is 19.1 Å². The molecular formula is C22H28N2O4. The molecule has 0 spiro atoms. The van der Waals surface area contributed by atoms with Crippen LogP contribution in [0.4, 0.5) is 0 Å². The quantitative estimate of drug-likeness (QED) is 0.684. The van der Waals surface area contributed by atoms with Gasteiger partial charge in [0.25, 0.3) is 5.91 Å². The van der Waals surface area contributed by atoms with Gasteiger partial charge in [0.15, 0.2) is 6.61 Å². The molecule has 0 unspecified atom stereocenters. The SMILES string of the molecule is CCN(CC(=O)NC(C)C)C(=O)COc1ccc(OCc2ccccc2)cc1. The van der Waals surface area contributed by atoms with Crippen LogP contribution in [0.15, 0.2) is 54.6 Å². The summed E-state index contributed by atoms with van der Waals surface area (Å²) >= 11 is 0. The molecule has 2 aromatic carbocycles. The van der Waals surface area contributed by atoms with Crippen LogP contribution in [0.5, 0.6) is 11.5 Å². The molecule has 0 radical (unpaired) electrons. The molecule has 1 N–H and O–H groups in total. The van der Waals surface area contributed by atoms with Gasteiger partial charge in [-0.15, -0.1) is 0 Å². The average Bonchev–Trinajstić information content (AvgIpc) is 2.69. The second kappa shape index (κ2) is 11.0. The molecule has 0 saturated carbocycles. The van der Waals surface area contributed by atoms with Crippen molar-refractivity contribution in [3.63, 3.8) is 0 Å². The van der Waals surface area contributed by atoms with E-state index in [1.807, 2.05) is 51.1 Å². The molecule has 0 aromatic heterocycles. The lowest BCUT2D eigenvalue weighted by atomic mass is 10.2. The molecular weight excluding hydrogens is 356 g/mol. The lowest BCUT2D eigenvalue weighted by Crippen LogP contribution is -2.44. The summed E-state index contributed by atoms with van der Waals surface area (Å²) < 4.78 is 11.3. The molecule has 2 aromatic rings. The van der Waals surface area contributed by atoms with Gasteiger partial charge in [0, 0.05) is 12.6 Å². The number of hydrogen-bond acceptors (Lipinski definition) is 4. The second-order valence-corrected chi connectivity index (χ2v) is 6.66. The fourth-order valence-corrected chi connectivity index (χ4v) is 2.53. The Morgan fingerprint density at radius 3 is 2.14 bits per heavy atom. The molecule has 0 saturated heterocycles. The van der Waals surface area contributed by atoms with E-state index in [1.165, 1.54) is 4.90 Å². The Labute approximate surface area is 166 Å². The highest BCUT2D eigenvalue weighted by molar-refractivity contribution is 5.85. The van der Waals surface area contributed by atoms with Gasteiger partial charge in [-0.05, 0) is 50.6 Å². The van der Waals surface area contributed by atoms with Crippen molar-refractivity contribution in [2.45, 2.75) is 33.4 Å². The van der Waals surface area contributed by atoms with E-state index in [0.717, 1.165) is 11.3 Å². The topological polar surface area (TPSA) is 67.9 Å². The summed E-state index contributed by atoms with van der Waals surface area (Å²) in [4.78, 5) is 25.6.